The molecule has 1 aromatic rings. The van der Waals surface area contributed by atoms with Crippen molar-refractivity contribution in [3.8, 4) is 0 Å². The number of rotatable bonds is 3. The van der Waals surface area contributed by atoms with Crippen LogP contribution in [0.15, 0.2) is 18.2 Å². The lowest BCUT2D eigenvalue weighted by molar-refractivity contribution is 0.206. The predicted molar refractivity (Wildman–Crippen MR) is 74.2 cm³/mol. The van der Waals surface area contributed by atoms with Crippen molar-refractivity contribution in [1.82, 2.24) is 5.32 Å². The minimum atomic E-state index is -0.332. The minimum Gasteiger partial charge on any atom is -0.310 e. The first kappa shape index (κ1) is 13.8. The molecule has 1 saturated carbocycles. The van der Waals surface area contributed by atoms with Gasteiger partial charge in [-0.05, 0) is 36.0 Å². The second-order valence-corrected chi connectivity index (χ2v) is 5.91. The quantitative estimate of drug-likeness (QED) is 0.858. The molecular formula is C15H21ClFN. The summed E-state index contributed by atoms with van der Waals surface area (Å²) in [5.74, 6) is 1.13. The third-order valence-corrected chi connectivity index (χ3v) is 4.57. The van der Waals surface area contributed by atoms with E-state index >= 15 is 0 Å². The normalized spacial score (nSPS) is 28.3. The van der Waals surface area contributed by atoms with Crippen molar-refractivity contribution in [2.24, 2.45) is 11.8 Å². The maximum Gasteiger partial charge on any atom is 0.142 e. The van der Waals surface area contributed by atoms with Crippen LogP contribution in [0.5, 0.6) is 0 Å². The largest absolute Gasteiger partial charge is 0.310 e. The fourth-order valence-electron chi connectivity index (χ4n) is 2.77. The molecule has 3 unspecified atom stereocenters. The van der Waals surface area contributed by atoms with E-state index in [2.05, 4.69) is 19.2 Å². The van der Waals surface area contributed by atoms with E-state index in [9.17, 15) is 4.39 Å². The highest BCUT2D eigenvalue weighted by Crippen LogP contribution is 2.29. The highest BCUT2D eigenvalue weighted by molar-refractivity contribution is 6.30. The van der Waals surface area contributed by atoms with Crippen LogP contribution in [0.1, 0.15) is 38.7 Å². The van der Waals surface area contributed by atoms with Gasteiger partial charge in [-0.15, -0.1) is 0 Å². The Morgan fingerprint density at radius 1 is 1.33 bits per heavy atom. The fourth-order valence-corrected chi connectivity index (χ4v) is 2.89. The molecular weight excluding hydrogens is 249 g/mol. The molecule has 1 N–H and O–H groups in total. The number of benzene rings is 1. The van der Waals surface area contributed by atoms with Crippen LogP contribution >= 0.6 is 11.6 Å². The van der Waals surface area contributed by atoms with Gasteiger partial charge >= 0.3 is 0 Å². The summed E-state index contributed by atoms with van der Waals surface area (Å²) in [7, 11) is 0. The Hall–Kier alpha value is -0.600. The topological polar surface area (TPSA) is 12.0 Å². The average Bonchev–Trinajstić information content (AvgIpc) is 2.35. The third-order valence-electron chi connectivity index (χ3n) is 4.26. The third kappa shape index (κ3) is 3.24. The van der Waals surface area contributed by atoms with E-state index in [0.717, 1.165) is 18.0 Å². The molecule has 0 bridgehead atoms. The standard InChI is InChI=1S/C15H21ClFN/c1-10-4-3-5-15(11(10)2)18-9-12-6-7-13(16)14(17)8-12/h6-8,10-11,15,18H,3-5,9H2,1-2H3. The molecule has 100 valence electrons. The van der Waals surface area contributed by atoms with Crippen LogP contribution in [-0.4, -0.2) is 6.04 Å². The molecule has 0 amide bonds. The molecule has 1 aromatic carbocycles. The van der Waals surface area contributed by atoms with Gasteiger partial charge in [-0.3, -0.25) is 0 Å². The van der Waals surface area contributed by atoms with E-state index in [0.29, 0.717) is 12.0 Å². The van der Waals surface area contributed by atoms with Crippen LogP contribution in [0.2, 0.25) is 5.02 Å². The lowest BCUT2D eigenvalue weighted by atomic mass is 9.78. The van der Waals surface area contributed by atoms with Gasteiger partial charge in [0.15, 0.2) is 0 Å². The maximum absolute atomic E-state index is 13.3. The van der Waals surface area contributed by atoms with E-state index in [4.69, 9.17) is 11.6 Å². The van der Waals surface area contributed by atoms with Crippen LogP contribution in [-0.2, 0) is 6.54 Å². The summed E-state index contributed by atoms with van der Waals surface area (Å²) in [6, 6.07) is 5.58. The predicted octanol–water partition coefficient (Wildman–Crippen LogP) is 4.39. The molecule has 18 heavy (non-hydrogen) atoms. The maximum atomic E-state index is 13.3. The molecule has 0 spiro atoms. The zero-order valence-corrected chi connectivity index (χ0v) is 11.8. The first-order valence-electron chi connectivity index (χ1n) is 6.75. The Kier molecular flexibility index (Phi) is 4.63. The first-order chi connectivity index (χ1) is 8.58. The van der Waals surface area contributed by atoms with Crippen LogP contribution in [0.4, 0.5) is 4.39 Å². The molecule has 3 atom stereocenters. The van der Waals surface area contributed by atoms with E-state index in [1.165, 1.54) is 25.3 Å². The zero-order valence-electron chi connectivity index (χ0n) is 11.0. The Morgan fingerprint density at radius 2 is 2.11 bits per heavy atom. The summed E-state index contributed by atoms with van der Waals surface area (Å²) >= 11 is 5.68. The van der Waals surface area contributed by atoms with Gasteiger partial charge in [0, 0.05) is 12.6 Å². The molecule has 1 aliphatic rings. The van der Waals surface area contributed by atoms with Crippen molar-refractivity contribution in [1.29, 1.82) is 0 Å². The molecule has 3 heteroatoms. The van der Waals surface area contributed by atoms with Gasteiger partial charge < -0.3 is 5.32 Å². The summed E-state index contributed by atoms with van der Waals surface area (Å²) in [6.45, 7) is 5.35. The summed E-state index contributed by atoms with van der Waals surface area (Å²) in [4.78, 5) is 0. The number of nitrogens with one attached hydrogen (secondary N) is 1. The van der Waals surface area contributed by atoms with Crippen molar-refractivity contribution < 1.29 is 4.39 Å². The van der Waals surface area contributed by atoms with Crippen molar-refractivity contribution in [3.05, 3.63) is 34.6 Å². The molecule has 1 nitrogen and oxygen atoms in total. The van der Waals surface area contributed by atoms with Crippen molar-refractivity contribution >= 4 is 11.6 Å². The van der Waals surface area contributed by atoms with Crippen LogP contribution in [0, 0.1) is 17.7 Å². The number of halogens is 2. The van der Waals surface area contributed by atoms with Gasteiger partial charge in [0.2, 0.25) is 0 Å². The van der Waals surface area contributed by atoms with Crippen molar-refractivity contribution in [3.63, 3.8) is 0 Å². The Bertz CT molecular complexity index is 407. The number of hydrogen-bond donors (Lipinski definition) is 1. The average molecular weight is 270 g/mol. The summed E-state index contributed by atoms with van der Waals surface area (Å²) < 4.78 is 13.3. The van der Waals surface area contributed by atoms with Gasteiger partial charge in [0.1, 0.15) is 5.82 Å². The van der Waals surface area contributed by atoms with Crippen molar-refractivity contribution in [2.75, 3.05) is 0 Å². The first-order valence-corrected chi connectivity index (χ1v) is 7.13. The van der Waals surface area contributed by atoms with Crippen molar-refractivity contribution in [2.45, 2.75) is 45.7 Å². The highest BCUT2D eigenvalue weighted by atomic mass is 35.5. The van der Waals surface area contributed by atoms with Gasteiger partial charge in [0.25, 0.3) is 0 Å². The Morgan fingerprint density at radius 3 is 2.83 bits per heavy atom. The molecule has 1 aliphatic carbocycles. The minimum absolute atomic E-state index is 0.193. The van der Waals surface area contributed by atoms with E-state index in [1.807, 2.05) is 6.07 Å². The zero-order chi connectivity index (χ0) is 13.1. The van der Waals surface area contributed by atoms with Gasteiger partial charge in [-0.2, -0.15) is 0 Å². The van der Waals surface area contributed by atoms with Crippen LogP contribution in [0.25, 0.3) is 0 Å². The summed E-state index contributed by atoms with van der Waals surface area (Å²) in [5.41, 5.74) is 0.960. The number of hydrogen-bond acceptors (Lipinski definition) is 1. The molecule has 2 rings (SSSR count). The lowest BCUT2D eigenvalue weighted by Crippen LogP contribution is -2.40. The SMILES string of the molecule is CC1CCCC(NCc2ccc(Cl)c(F)c2)C1C. The lowest BCUT2D eigenvalue weighted by Gasteiger charge is -2.34. The summed E-state index contributed by atoms with van der Waals surface area (Å²) in [5, 5.41) is 3.75. The molecule has 1 fully saturated rings. The Balaban J connectivity index is 1.92. The van der Waals surface area contributed by atoms with Gasteiger partial charge in [-0.25, -0.2) is 4.39 Å². The highest BCUT2D eigenvalue weighted by Gasteiger charge is 2.26. The second-order valence-electron chi connectivity index (χ2n) is 5.50. The second kappa shape index (κ2) is 6.03. The fraction of sp³-hybridized carbons (Fsp3) is 0.600. The summed E-state index contributed by atoms with van der Waals surface area (Å²) in [6.07, 6.45) is 3.84. The molecule has 0 radical (unpaired) electrons. The van der Waals surface area contributed by atoms with E-state index in [1.54, 1.807) is 6.07 Å². The monoisotopic (exact) mass is 269 g/mol. The smallest absolute Gasteiger partial charge is 0.142 e. The van der Waals surface area contributed by atoms with Gasteiger partial charge in [0.05, 0.1) is 5.02 Å². The van der Waals surface area contributed by atoms with E-state index in [-0.39, 0.29) is 10.8 Å². The molecule has 0 heterocycles. The Labute approximate surface area is 114 Å². The molecule has 0 saturated heterocycles. The van der Waals surface area contributed by atoms with E-state index < -0.39 is 0 Å². The van der Waals surface area contributed by atoms with Gasteiger partial charge in [-0.1, -0.05) is 44.4 Å². The van der Waals surface area contributed by atoms with Crippen LogP contribution in [0.3, 0.4) is 0 Å². The molecule has 0 aromatic heterocycles. The molecule has 0 aliphatic heterocycles. The van der Waals surface area contributed by atoms with Crippen LogP contribution < -0.4 is 5.32 Å².